The minimum atomic E-state index is -0.642. The van der Waals surface area contributed by atoms with Gasteiger partial charge in [-0.25, -0.2) is 9.37 Å². The molecule has 0 radical (unpaired) electrons. The summed E-state index contributed by atoms with van der Waals surface area (Å²) >= 11 is 12.4. The van der Waals surface area contributed by atoms with Gasteiger partial charge >= 0.3 is 0 Å². The van der Waals surface area contributed by atoms with E-state index in [4.69, 9.17) is 37.4 Å². The van der Waals surface area contributed by atoms with Crippen LogP contribution in [0, 0.1) is 23.1 Å². The Morgan fingerprint density at radius 3 is 2.77 bits per heavy atom. The van der Waals surface area contributed by atoms with Gasteiger partial charge in [-0.05, 0) is 37.6 Å². The Hall–Kier alpha value is -3.84. The van der Waals surface area contributed by atoms with Gasteiger partial charge in [0, 0.05) is 42.2 Å². The fraction of sp³-hybridized carbons (Fsp3) is 0.276. The number of rotatable bonds is 9. The summed E-state index contributed by atoms with van der Waals surface area (Å²) in [4.78, 5) is 8.58. The van der Waals surface area contributed by atoms with Gasteiger partial charge in [0.25, 0.3) is 0 Å². The molecule has 0 aliphatic carbocycles. The van der Waals surface area contributed by atoms with Crippen LogP contribution >= 0.6 is 23.2 Å². The van der Waals surface area contributed by atoms with Crippen molar-refractivity contribution < 1.29 is 18.6 Å². The maximum Gasteiger partial charge on any atom is 0.167 e. The van der Waals surface area contributed by atoms with Crippen molar-refractivity contribution in [3.8, 4) is 23.3 Å². The Morgan fingerprint density at radius 2 is 2.02 bits per heavy atom. The van der Waals surface area contributed by atoms with E-state index >= 15 is 4.39 Å². The Morgan fingerprint density at radius 1 is 1.15 bits per heavy atom. The number of halogens is 3. The summed E-state index contributed by atoms with van der Waals surface area (Å²) in [6.07, 6.45) is 3.66. The molecule has 206 valence electrons. The van der Waals surface area contributed by atoms with Gasteiger partial charge in [-0.15, -0.1) is 0 Å². The molecule has 11 heteroatoms. The molecular formula is C29H26Cl2FN5O3. The van der Waals surface area contributed by atoms with E-state index in [9.17, 15) is 5.26 Å². The van der Waals surface area contributed by atoms with Crippen LogP contribution in [0.2, 0.25) is 10.2 Å². The lowest BCUT2D eigenvalue weighted by atomic mass is 10.0. The van der Waals surface area contributed by atoms with Gasteiger partial charge in [-0.3, -0.25) is 4.98 Å². The minimum absolute atomic E-state index is 0.00954. The number of ether oxygens (including phenoxy) is 3. The van der Waals surface area contributed by atoms with Crippen LogP contribution in [-0.4, -0.2) is 36.8 Å². The van der Waals surface area contributed by atoms with Crippen LogP contribution in [0.3, 0.4) is 0 Å². The zero-order valence-electron chi connectivity index (χ0n) is 21.6. The van der Waals surface area contributed by atoms with Crippen LogP contribution in [0.1, 0.15) is 24.1 Å². The van der Waals surface area contributed by atoms with Gasteiger partial charge in [-0.1, -0.05) is 29.3 Å². The monoisotopic (exact) mass is 581 g/mol. The maximum absolute atomic E-state index is 15.0. The molecule has 1 aliphatic rings. The van der Waals surface area contributed by atoms with Crippen LogP contribution in [0.5, 0.6) is 17.2 Å². The molecule has 1 saturated heterocycles. The van der Waals surface area contributed by atoms with Crippen molar-refractivity contribution >= 4 is 45.5 Å². The van der Waals surface area contributed by atoms with Crippen molar-refractivity contribution in [1.29, 1.82) is 5.26 Å². The van der Waals surface area contributed by atoms with E-state index in [2.05, 4.69) is 26.7 Å². The highest BCUT2D eigenvalue weighted by atomic mass is 35.5. The first-order valence-corrected chi connectivity index (χ1v) is 13.5. The summed E-state index contributed by atoms with van der Waals surface area (Å²) in [6.45, 7) is 2.50. The number of methoxy groups -OCH3 is 1. The number of piperidine rings is 1. The smallest absolute Gasteiger partial charge is 0.167 e. The number of hydrogen-bond donors (Lipinski definition) is 2. The topological polar surface area (TPSA) is 101 Å². The lowest BCUT2D eigenvalue weighted by Gasteiger charge is -2.23. The average molecular weight is 582 g/mol. The van der Waals surface area contributed by atoms with Gasteiger partial charge in [0.15, 0.2) is 23.1 Å². The molecule has 0 unspecified atom stereocenters. The number of pyridine rings is 2. The molecule has 0 bridgehead atoms. The zero-order valence-corrected chi connectivity index (χ0v) is 23.2. The SMILES string of the molecule is COc1cc2c(Nc3cc(F)c(OCc4cccc(Cl)n4)cc3Cl)c(C#N)cnc2cc1OC[C@H]1CCCNC1. The molecule has 1 aliphatic heterocycles. The quantitative estimate of drug-likeness (QED) is 0.212. The highest BCUT2D eigenvalue weighted by molar-refractivity contribution is 6.33. The van der Waals surface area contributed by atoms with Crippen molar-refractivity contribution in [2.75, 3.05) is 32.1 Å². The van der Waals surface area contributed by atoms with Crippen molar-refractivity contribution in [2.24, 2.45) is 5.92 Å². The highest BCUT2D eigenvalue weighted by Gasteiger charge is 2.19. The third-order valence-corrected chi connectivity index (χ3v) is 7.10. The van der Waals surface area contributed by atoms with E-state index in [1.165, 1.54) is 18.3 Å². The van der Waals surface area contributed by atoms with Gasteiger partial charge in [-0.2, -0.15) is 5.26 Å². The number of nitrogens with one attached hydrogen (secondary N) is 2. The lowest BCUT2D eigenvalue weighted by molar-refractivity contribution is 0.211. The van der Waals surface area contributed by atoms with Crippen molar-refractivity contribution in [3.63, 3.8) is 0 Å². The van der Waals surface area contributed by atoms with Gasteiger partial charge < -0.3 is 24.8 Å². The van der Waals surface area contributed by atoms with E-state index in [1.807, 2.05) is 0 Å². The molecule has 4 aromatic rings. The van der Waals surface area contributed by atoms with E-state index in [1.54, 1.807) is 37.4 Å². The third-order valence-electron chi connectivity index (χ3n) is 6.58. The summed E-state index contributed by atoms with van der Waals surface area (Å²) in [5.41, 5.74) is 2.03. The molecule has 3 heterocycles. The molecule has 1 atom stereocenters. The second kappa shape index (κ2) is 12.6. The fourth-order valence-electron chi connectivity index (χ4n) is 4.52. The summed E-state index contributed by atoms with van der Waals surface area (Å²) in [7, 11) is 1.55. The normalized spacial score (nSPS) is 14.9. The van der Waals surface area contributed by atoms with E-state index in [0.29, 0.717) is 51.5 Å². The second-order valence-corrected chi connectivity index (χ2v) is 10.1. The highest BCUT2D eigenvalue weighted by Crippen LogP contribution is 2.39. The van der Waals surface area contributed by atoms with Gasteiger partial charge in [0.1, 0.15) is 17.8 Å². The molecule has 2 aromatic heterocycles. The number of benzene rings is 2. The molecule has 0 saturated carbocycles. The predicted molar refractivity (Wildman–Crippen MR) is 152 cm³/mol. The number of anilines is 2. The van der Waals surface area contributed by atoms with E-state index in [0.717, 1.165) is 25.9 Å². The second-order valence-electron chi connectivity index (χ2n) is 9.33. The lowest BCUT2D eigenvalue weighted by Crippen LogP contribution is -2.33. The first-order chi connectivity index (χ1) is 19.4. The largest absolute Gasteiger partial charge is 0.493 e. The Balaban J connectivity index is 1.41. The molecule has 8 nitrogen and oxygen atoms in total. The van der Waals surface area contributed by atoms with Gasteiger partial charge in [0.2, 0.25) is 0 Å². The number of hydrogen-bond acceptors (Lipinski definition) is 8. The molecule has 40 heavy (non-hydrogen) atoms. The van der Waals surface area contributed by atoms with Crippen molar-refractivity contribution in [2.45, 2.75) is 19.4 Å². The van der Waals surface area contributed by atoms with Crippen LogP contribution in [0.25, 0.3) is 10.9 Å². The molecule has 5 rings (SSSR count). The maximum atomic E-state index is 15.0. The summed E-state index contributed by atoms with van der Waals surface area (Å²) in [6, 6.07) is 13.3. The Bertz CT molecular complexity index is 1570. The summed E-state index contributed by atoms with van der Waals surface area (Å²) < 4.78 is 32.3. The molecule has 2 aromatic carbocycles. The Kier molecular flexibility index (Phi) is 8.70. The van der Waals surface area contributed by atoms with Crippen LogP contribution in [-0.2, 0) is 6.61 Å². The average Bonchev–Trinajstić information content (AvgIpc) is 2.97. The number of aromatic nitrogens is 2. The van der Waals surface area contributed by atoms with Crippen molar-refractivity contribution in [3.05, 3.63) is 75.9 Å². The van der Waals surface area contributed by atoms with Crippen molar-refractivity contribution in [1.82, 2.24) is 15.3 Å². The predicted octanol–water partition coefficient (Wildman–Crippen LogP) is 6.66. The number of fused-ring (bicyclic) bond motifs is 1. The molecule has 0 amide bonds. The van der Waals surface area contributed by atoms with Crippen LogP contribution in [0.15, 0.2) is 48.7 Å². The molecular weight excluding hydrogens is 556 g/mol. The fourth-order valence-corrected chi connectivity index (χ4v) is 4.90. The first kappa shape index (κ1) is 27.7. The summed E-state index contributed by atoms with van der Waals surface area (Å²) in [5, 5.41) is 17.4. The minimum Gasteiger partial charge on any atom is -0.493 e. The number of nitriles is 1. The molecule has 2 N–H and O–H groups in total. The zero-order chi connectivity index (χ0) is 28.1. The third kappa shape index (κ3) is 6.31. The number of nitrogens with zero attached hydrogens (tertiary/aromatic N) is 3. The summed E-state index contributed by atoms with van der Waals surface area (Å²) in [5.74, 6) is 0.770. The van der Waals surface area contributed by atoms with Crippen LogP contribution < -0.4 is 24.8 Å². The first-order valence-electron chi connectivity index (χ1n) is 12.7. The molecule has 1 fully saturated rings. The van der Waals surface area contributed by atoms with Gasteiger partial charge in [0.05, 0.1) is 46.9 Å². The standard InChI is InChI=1S/C29H26Cl2FN5O3/c1-38-26-8-20-23(11-27(26)39-15-17-4-3-7-34-13-17)35-14-18(12-33)29(20)37-24-10-22(32)25(9-21(24)30)40-16-19-5-2-6-28(31)36-19/h2,5-6,8-11,14,17,34H,3-4,7,13,15-16H2,1H3,(H,35,37)/t17-/m0/s1. The molecule has 0 spiro atoms. The van der Waals surface area contributed by atoms with Crippen LogP contribution in [0.4, 0.5) is 15.8 Å². The van der Waals surface area contributed by atoms with E-state index < -0.39 is 5.82 Å². The Labute approximate surface area is 241 Å². The van der Waals surface area contributed by atoms with E-state index in [-0.39, 0.29) is 28.6 Å².